The van der Waals surface area contributed by atoms with Gasteiger partial charge in [-0.15, -0.1) is 0 Å². The molecule has 0 saturated carbocycles. The van der Waals surface area contributed by atoms with Gasteiger partial charge >= 0.3 is 0 Å². The van der Waals surface area contributed by atoms with Gasteiger partial charge in [0.05, 0.1) is 21.3 Å². The van der Waals surface area contributed by atoms with Crippen molar-refractivity contribution in [2.75, 3.05) is 21.3 Å². The molecule has 0 fully saturated rings. The fourth-order valence-electron chi connectivity index (χ4n) is 2.17. The fraction of sp³-hybridized carbons (Fsp3) is 0.167. The van der Waals surface area contributed by atoms with Gasteiger partial charge in [0.25, 0.3) is 0 Å². The minimum Gasteiger partial charge on any atom is -0.493 e. The molecule has 2 rings (SSSR count). The summed E-state index contributed by atoms with van der Waals surface area (Å²) in [6.07, 6.45) is 2.75. The highest BCUT2D eigenvalue weighted by atomic mass is 19.2. The Balaban J connectivity index is 2.34. The molecule has 0 spiro atoms. The van der Waals surface area contributed by atoms with Gasteiger partial charge in [0.15, 0.2) is 28.9 Å². The molecular formula is C18H16F2O4. The number of ketones is 1. The molecule has 0 unspecified atom stereocenters. The van der Waals surface area contributed by atoms with E-state index in [1.165, 1.54) is 39.5 Å². The van der Waals surface area contributed by atoms with Gasteiger partial charge in [-0.2, -0.15) is 0 Å². The maximum absolute atomic E-state index is 13.2. The van der Waals surface area contributed by atoms with E-state index >= 15 is 0 Å². The Labute approximate surface area is 138 Å². The third-order valence-corrected chi connectivity index (χ3v) is 3.35. The van der Waals surface area contributed by atoms with Gasteiger partial charge < -0.3 is 14.2 Å². The van der Waals surface area contributed by atoms with E-state index in [0.29, 0.717) is 22.8 Å². The van der Waals surface area contributed by atoms with E-state index in [4.69, 9.17) is 14.2 Å². The number of rotatable bonds is 6. The number of ether oxygens (including phenoxy) is 3. The van der Waals surface area contributed by atoms with Crippen molar-refractivity contribution < 1.29 is 27.8 Å². The average Bonchev–Trinajstić information content (AvgIpc) is 2.60. The van der Waals surface area contributed by atoms with E-state index in [9.17, 15) is 13.6 Å². The molecule has 0 heterocycles. The predicted octanol–water partition coefficient (Wildman–Crippen LogP) is 3.89. The highest BCUT2D eigenvalue weighted by molar-refractivity contribution is 6.07. The largest absolute Gasteiger partial charge is 0.493 e. The molecule has 0 aliphatic heterocycles. The molecular weight excluding hydrogens is 318 g/mol. The van der Waals surface area contributed by atoms with Gasteiger partial charge in [0.1, 0.15) is 0 Å². The molecule has 0 amide bonds. The standard InChI is InChI=1S/C18H16F2O4/c1-22-16-9-6-11(17(23-2)18(16)24-3)5-8-15(21)12-4-7-13(19)14(20)10-12/h4-10H,1-3H3/b8-5+. The molecule has 0 N–H and O–H groups in total. The number of allylic oxidation sites excluding steroid dienone is 1. The van der Waals surface area contributed by atoms with E-state index in [-0.39, 0.29) is 5.56 Å². The summed E-state index contributed by atoms with van der Waals surface area (Å²) < 4.78 is 41.9. The van der Waals surface area contributed by atoms with Crippen LogP contribution in [0.3, 0.4) is 0 Å². The van der Waals surface area contributed by atoms with Crippen molar-refractivity contribution in [1.29, 1.82) is 0 Å². The summed E-state index contributed by atoms with van der Waals surface area (Å²) in [5.74, 6) is -1.27. The van der Waals surface area contributed by atoms with Crippen LogP contribution in [0.1, 0.15) is 15.9 Å². The minimum absolute atomic E-state index is 0.0459. The average molecular weight is 334 g/mol. The lowest BCUT2D eigenvalue weighted by molar-refractivity contribution is 0.104. The summed E-state index contributed by atoms with van der Waals surface area (Å²) in [5, 5.41) is 0. The number of carbonyl (C=O) groups is 1. The SMILES string of the molecule is COc1ccc(/C=C/C(=O)c2ccc(F)c(F)c2)c(OC)c1OC. The second-order valence-electron chi connectivity index (χ2n) is 4.75. The summed E-state index contributed by atoms with van der Waals surface area (Å²) >= 11 is 0. The van der Waals surface area contributed by atoms with Crippen molar-refractivity contribution in [2.45, 2.75) is 0 Å². The lowest BCUT2D eigenvalue weighted by Gasteiger charge is -2.13. The van der Waals surface area contributed by atoms with Crippen LogP contribution in [0.25, 0.3) is 6.08 Å². The van der Waals surface area contributed by atoms with Crippen LogP contribution in [-0.4, -0.2) is 27.1 Å². The first-order valence-electron chi connectivity index (χ1n) is 6.98. The number of hydrogen-bond acceptors (Lipinski definition) is 4. The first-order valence-corrected chi connectivity index (χ1v) is 6.98. The summed E-state index contributed by atoms with van der Waals surface area (Å²) in [4.78, 5) is 12.1. The Hall–Kier alpha value is -2.89. The van der Waals surface area contributed by atoms with Crippen LogP contribution in [0.5, 0.6) is 17.2 Å². The predicted molar refractivity (Wildman–Crippen MR) is 85.8 cm³/mol. The zero-order valence-corrected chi connectivity index (χ0v) is 13.4. The highest BCUT2D eigenvalue weighted by Gasteiger charge is 2.14. The van der Waals surface area contributed by atoms with Crippen molar-refractivity contribution in [2.24, 2.45) is 0 Å². The van der Waals surface area contributed by atoms with Gasteiger partial charge in [-0.25, -0.2) is 8.78 Å². The number of carbonyl (C=O) groups excluding carboxylic acids is 1. The fourth-order valence-corrected chi connectivity index (χ4v) is 2.17. The van der Waals surface area contributed by atoms with Crippen LogP contribution >= 0.6 is 0 Å². The van der Waals surface area contributed by atoms with Gasteiger partial charge in [-0.1, -0.05) is 0 Å². The highest BCUT2D eigenvalue weighted by Crippen LogP contribution is 2.40. The van der Waals surface area contributed by atoms with Crippen molar-refractivity contribution in [3.8, 4) is 17.2 Å². The first-order chi connectivity index (χ1) is 11.5. The minimum atomic E-state index is -1.07. The smallest absolute Gasteiger partial charge is 0.203 e. The summed E-state index contributed by atoms with van der Waals surface area (Å²) in [6.45, 7) is 0. The summed E-state index contributed by atoms with van der Waals surface area (Å²) in [6, 6.07) is 6.34. The second-order valence-corrected chi connectivity index (χ2v) is 4.75. The molecule has 6 heteroatoms. The van der Waals surface area contributed by atoms with Crippen LogP contribution in [0.4, 0.5) is 8.78 Å². The summed E-state index contributed by atoms with van der Waals surface area (Å²) in [5.41, 5.74) is 0.621. The number of benzene rings is 2. The monoisotopic (exact) mass is 334 g/mol. The Bertz CT molecular complexity index is 785. The molecule has 24 heavy (non-hydrogen) atoms. The third kappa shape index (κ3) is 3.53. The normalized spacial score (nSPS) is 10.7. The van der Waals surface area contributed by atoms with Crippen LogP contribution in [0, 0.1) is 11.6 Å². The number of hydrogen-bond donors (Lipinski definition) is 0. The summed E-state index contributed by atoms with van der Waals surface area (Å²) in [7, 11) is 4.44. The second kappa shape index (κ2) is 7.59. The van der Waals surface area contributed by atoms with E-state index in [0.717, 1.165) is 12.1 Å². The Morgan fingerprint density at radius 2 is 1.62 bits per heavy atom. The molecule has 126 valence electrons. The molecule has 0 aromatic heterocycles. The van der Waals surface area contributed by atoms with Crippen molar-refractivity contribution in [3.63, 3.8) is 0 Å². The van der Waals surface area contributed by atoms with E-state index in [1.807, 2.05) is 0 Å². The Morgan fingerprint density at radius 1 is 0.917 bits per heavy atom. The molecule has 0 aliphatic rings. The number of halogens is 2. The van der Waals surface area contributed by atoms with Gasteiger partial charge in [-0.3, -0.25) is 4.79 Å². The van der Waals surface area contributed by atoms with Gasteiger partial charge in [0, 0.05) is 11.1 Å². The molecule has 0 radical (unpaired) electrons. The molecule has 0 saturated heterocycles. The zero-order valence-electron chi connectivity index (χ0n) is 13.4. The third-order valence-electron chi connectivity index (χ3n) is 3.35. The molecule has 0 atom stereocenters. The molecule has 2 aromatic rings. The molecule has 0 aliphatic carbocycles. The Morgan fingerprint density at radius 3 is 2.21 bits per heavy atom. The van der Waals surface area contributed by atoms with Crippen LogP contribution < -0.4 is 14.2 Å². The first kappa shape index (κ1) is 17.5. The van der Waals surface area contributed by atoms with E-state index in [1.54, 1.807) is 12.1 Å². The molecule has 4 nitrogen and oxygen atoms in total. The number of methoxy groups -OCH3 is 3. The lowest BCUT2D eigenvalue weighted by atomic mass is 10.1. The maximum atomic E-state index is 13.2. The van der Waals surface area contributed by atoms with E-state index in [2.05, 4.69) is 0 Å². The van der Waals surface area contributed by atoms with Gasteiger partial charge in [-0.05, 0) is 42.5 Å². The molecule has 0 bridgehead atoms. The van der Waals surface area contributed by atoms with Crippen molar-refractivity contribution in [3.05, 3.63) is 59.2 Å². The topological polar surface area (TPSA) is 44.8 Å². The quantitative estimate of drug-likeness (QED) is 0.594. The van der Waals surface area contributed by atoms with Crippen LogP contribution in [0.15, 0.2) is 36.4 Å². The van der Waals surface area contributed by atoms with Gasteiger partial charge in [0.2, 0.25) is 5.75 Å². The lowest BCUT2D eigenvalue weighted by Crippen LogP contribution is -1.98. The molecule has 2 aromatic carbocycles. The van der Waals surface area contributed by atoms with Crippen LogP contribution in [0.2, 0.25) is 0 Å². The van der Waals surface area contributed by atoms with Crippen molar-refractivity contribution in [1.82, 2.24) is 0 Å². The van der Waals surface area contributed by atoms with Crippen molar-refractivity contribution >= 4 is 11.9 Å². The van der Waals surface area contributed by atoms with E-state index < -0.39 is 17.4 Å². The zero-order chi connectivity index (χ0) is 17.7. The Kier molecular flexibility index (Phi) is 5.52. The van der Waals surface area contributed by atoms with Crippen LogP contribution in [-0.2, 0) is 0 Å². The maximum Gasteiger partial charge on any atom is 0.203 e.